The van der Waals surface area contributed by atoms with Crippen molar-refractivity contribution in [3.63, 3.8) is 0 Å². The van der Waals surface area contributed by atoms with Crippen molar-refractivity contribution >= 4 is 18.0 Å². The third-order valence-corrected chi connectivity index (χ3v) is 2.22. The van der Waals surface area contributed by atoms with Gasteiger partial charge in [-0.1, -0.05) is 0 Å². The van der Waals surface area contributed by atoms with Gasteiger partial charge in [0.2, 0.25) is 0 Å². The fraction of sp³-hybridized carbons (Fsp3) is 0.545. The molecule has 0 fully saturated rings. The molecule has 0 radical (unpaired) electrons. The van der Waals surface area contributed by atoms with Crippen LogP contribution in [0.5, 0.6) is 0 Å². The summed E-state index contributed by atoms with van der Waals surface area (Å²) < 4.78 is 19.8. The van der Waals surface area contributed by atoms with Crippen LogP contribution in [-0.2, 0) is 28.5 Å². The van der Waals surface area contributed by atoms with Crippen molar-refractivity contribution in [2.75, 3.05) is 6.61 Å². The van der Waals surface area contributed by atoms with Crippen LogP contribution in [0.4, 0.5) is 4.79 Å². The second kappa shape index (κ2) is 6.62. The van der Waals surface area contributed by atoms with Crippen molar-refractivity contribution in [3.05, 3.63) is 12.3 Å². The highest BCUT2D eigenvalue weighted by molar-refractivity contribution is 5.67. The van der Waals surface area contributed by atoms with Crippen LogP contribution >= 0.6 is 0 Å². The van der Waals surface area contributed by atoms with Gasteiger partial charge in [-0.3, -0.25) is 9.59 Å². The summed E-state index contributed by atoms with van der Waals surface area (Å²) in [6, 6.07) is 0. The summed E-state index contributed by atoms with van der Waals surface area (Å²) in [6.07, 6.45) is -0.975. The number of ether oxygens (including phenoxy) is 4. The molecule has 1 rings (SSSR count). The van der Waals surface area contributed by atoms with Crippen molar-refractivity contribution in [1.82, 2.24) is 0 Å². The first-order valence-corrected chi connectivity index (χ1v) is 5.49. The Kier molecular flexibility index (Phi) is 5.16. The van der Waals surface area contributed by atoms with E-state index in [-0.39, 0.29) is 6.61 Å². The molecular weight excluding hydrogens is 258 g/mol. The number of carbonyl (C=O) groups excluding carboxylic acids is 3. The summed E-state index contributed by atoms with van der Waals surface area (Å²) in [5.74, 6) is -1.10. The summed E-state index contributed by atoms with van der Waals surface area (Å²) >= 11 is 0. The summed E-state index contributed by atoms with van der Waals surface area (Å²) in [6.45, 7) is 2.29. The molecule has 0 saturated carbocycles. The first-order chi connectivity index (χ1) is 8.90. The zero-order valence-corrected chi connectivity index (χ0v) is 10.5. The lowest BCUT2D eigenvalue weighted by Crippen LogP contribution is -2.48. The SMILES string of the molecule is CC(=O)OC[C@H]1OC=C[C@@H](OC(N)=O)[C@@H]1OC(C)=O. The average Bonchev–Trinajstić information content (AvgIpc) is 2.28. The smallest absolute Gasteiger partial charge is 0.405 e. The molecule has 3 atom stereocenters. The molecule has 8 heteroatoms. The lowest BCUT2D eigenvalue weighted by molar-refractivity contribution is -0.168. The third kappa shape index (κ3) is 4.86. The van der Waals surface area contributed by atoms with Crippen LogP contribution in [-0.4, -0.2) is 43.0 Å². The molecule has 8 nitrogen and oxygen atoms in total. The van der Waals surface area contributed by atoms with Crippen LogP contribution in [0, 0.1) is 0 Å². The lowest BCUT2D eigenvalue weighted by Gasteiger charge is -2.32. The Labute approximate surface area is 109 Å². The molecule has 0 aromatic rings. The van der Waals surface area contributed by atoms with Gasteiger partial charge in [-0.2, -0.15) is 0 Å². The minimum atomic E-state index is -1.01. The summed E-state index contributed by atoms with van der Waals surface area (Å²) in [5, 5.41) is 0. The first kappa shape index (κ1) is 14.8. The Balaban J connectivity index is 2.77. The molecule has 0 saturated heterocycles. The Hall–Kier alpha value is -2.25. The molecule has 0 unspecified atom stereocenters. The highest BCUT2D eigenvalue weighted by atomic mass is 16.6. The highest BCUT2D eigenvalue weighted by Crippen LogP contribution is 2.19. The van der Waals surface area contributed by atoms with Gasteiger partial charge < -0.3 is 24.7 Å². The van der Waals surface area contributed by atoms with E-state index in [0.717, 1.165) is 0 Å². The van der Waals surface area contributed by atoms with E-state index in [0.29, 0.717) is 0 Å². The maximum Gasteiger partial charge on any atom is 0.405 e. The number of carbonyl (C=O) groups is 3. The maximum atomic E-state index is 11.0. The second-order valence-corrected chi connectivity index (χ2v) is 3.78. The van der Waals surface area contributed by atoms with Gasteiger partial charge in [0.25, 0.3) is 0 Å². The lowest BCUT2D eigenvalue weighted by atomic mass is 10.1. The quantitative estimate of drug-likeness (QED) is 0.560. The number of esters is 2. The molecule has 1 aliphatic heterocycles. The van der Waals surface area contributed by atoms with E-state index in [1.165, 1.54) is 26.2 Å². The standard InChI is InChI=1S/C11H15NO7/c1-6(13)17-5-9-10(18-7(2)14)8(3-4-16-9)19-11(12)15/h3-4,8-10H,5H2,1-2H3,(H2,12,15)/t8-,9-,10+/m1/s1. The van der Waals surface area contributed by atoms with Crippen LogP contribution in [0.15, 0.2) is 12.3 Å². The van der Waals surface area contributed by atoms with E-state index in [1.54, 1.807) is 0 Å². The van der Waals surface area contributed by atoms with Gasteiger partial charge in [0.15, 0.2) is 18.3 Å². The van der Waals surface area contributed by atoms with Crippen molar-refractivity contribution in [3.8, 4) is 0 Å². The number of primary amides is 1. The Morgan fingerprint density at radius 2 is 1.89 bits per heavy atom. The van der Waals surface area contributed by atoms with Gasteiger partial charge in [0, 0.05) is 13.8 Å². The molecule has 0 spiro atoms. The fourth-order valence-electron chi connectivity index (χ4n) is 1.53. The summed E-state index contributed by atoms with van der Waals surface area (Å²) in [5.41, 5.74) is 4.92. The van der Waals surface area contributed by atoms with E-state index in [4.69, 9.17) is 24.7 Å². The molecule has 0 aromatic carbocycles. The zero-order chi connectivity index (χ0) is 14.4. The predicted octanol–water partition coefficient (Wildman–Crippen LogP) is -0.142. The van der Waals surface area contributed by atoms with Crippen molar-refractivity contribution in [2.24, 2.45) is 5.73 Å². The molecular formula is C11H15NO7. The zero-order valence-electron chi connectivity index (χ0n) is 10.5. The summed E-state index contributed by atoms with van der Waals surface area (Å²) in [4.78, 5) is 32.6. The van der Waals surface area contributed by atoms with Crippen LogP contribution in [0.25, 0.3) is 0 Å². The van der Waals surface area contributed by atoms with E-state index in [2.05, 4.69) is 0 Å². The first-order valence-electron chi connectivity index (χ1n) is 5.49. The minimum absolute atomic E-state index is 0.143. The number of amides is 1. The van der Waals surface area contributed by atoms with Crippen LogP contribution in [0.1, 0.15) is 13.8 Å². The van der Waals surface area contributed by atoms with Gasteiger partial charge in [0.05, 0.1) is 6.26 Å². The molecule has 0 aliphatic carbocycles. The fourth-order valence-corrected chi connectivity index (χ4v) is 1.53. The Bertz CT molecular complexity index is 393. The molecule has 1 aliphatic rings. The summed E-state index contributed by atoms with van der Waals surface area (Å²) in [7, 11) is 0. The second-order valence-electron chi connectivity index (χ2n) is 3.78. The Morgan fingerprint density at radius 3 is 2.42 bits per heavy atom. The van der Waals surface area contributed by atoms with Crippen LogP contribution in [0.2, 0.25) is 0 Å². The van der Waals surface area contributed by atoms with Crippen molar-refractivity contribution in [1.29, 1.82) is 0 Å². The number of hydrogen-bond donors (Lipinski definition) is 1. The van der Waals surface area contributed by atoms with Gasteiger partial charge in [-0.25, -0.2) is 4.79 Å². The number of nitrogens with two attached hydrogens (primary N) is 1. The van der Waals surface area contributed by atoms with E-state index in [1.807, 2.05) is 0 Å². The Morgan fingerprint density at radius 1 is 1.21 bits per heavy atom. The van der Waals surface area contributed by atoms with Crippen LogP contribution in [0.3, 0.4) is 0 Å². The highest BCUT2D eigenvalue weighted by Gasteiger charge is 2.37. The third-order valence-electron chi connectivity index (χ3n) is 2.22. The van der Waals surface area contributed by atoms with Gasteiger partial charge >= 0.3 is 18.0 Å². The van der Waals surface area contributed by atoms with Crippen LogP contribution < -0.4 is 5.73 Å². The predicted molar refractivity (Wildman–Crippen MR) is 60.7 cm³/mol. The molecule has 2 N–H and O–H groups in total. The van der Waals surface area contributed by atoms with E-state index in [9.17, 15) is 14.4 Å². The average molecular weight is 273 g/mol. The largest absolute Gasteiger partial charge is 0.491 e. The molecule has 1 heterocycles. The molecule has 0 aromatic heterocycles. The van der Waals surface area contributed by atoms with Gasteiger partial charge in [0.1, 0.15) is 6.61 Å². The molecule has 106 valence electrons. The van der Waals surface area contributed by atoms with Crippen molar-refractivity contribution < 1.29 is 33.3 Å². The molecule has 0 bridgehead atoms. The maximum absolute atomic E-state index is 11.0. The molecule has 19 heavy (non-hydrogen) atoms. The normalized spacial score (nSPS) is 25.1. The number of hydrogen-bond acceptors (Lipinski definition) is 7. The van der Waals surface area contributed by atoms with Crippen molar-refractivity contribution in [2.45, 2.75) is 32.2 Å². The van der Waals surface area contributed by atoms with Gasteiger partial charge in [-0.05, 0) is 6.08 Å². The topological polar surface area (TPSA) is 114 Å². The monoisotopic (exact) mass is 273 g/mol. The van der Waals surface area contributed by atoms with Gasteiger partial charge in [-0.15, -0.1) is 0 Å². The minimum Gasteiger partial charge on any atom is -0.491 e. The van der Waals surface area contributed by atoms with E-state index < -0.39 is 36.3 Å². The van der Waals surface area contributed by atoms with E-state index >= 15 is 0 Å². The molecule has 1 amide bonds. The number of rotatable bonds is 4.